The van der Waals surface area contributed by atoms with E-state index in [2.05, 4.69) is 14.9 Å². The van der Waals surface area contributed by atoms with Crippen molar-refractivity contribution in [1.29, 1.82) is 0 Å². The van der Waals surface area contributed by atoms with Gasteiger partial charge < -0.3 is 20.1 Å². The van der Waals surface area contributed by atoms with Gasteiger partial charge in [-0.05, 0) is 13.3 Å². The maximum atomic E-state index is 5.83. The lowest BCUT2D eigenvalue weighted by Gasteiger charge is -2.18. The zero-order valence-electron chi connectivity index (χ0n) is 11.6. The Morgan fingerprint density at radius 3 is 3.05 bits per heavy atom. The van der Waals surface area contributed by atoms with E-state index >= 15 is 0 Å². The number of rotatable bonds is 6. The van der Waals surface area contributed by atoms with Crippen LogP contribution in [0.15, 0.2) is 6.07 Å². The minimum absolute atomic E-state index is 0.407. The van der Waals surface area contributed by atoms with Gasteiger partial charge in [-0.2, -0.15) is 0 Å². The predicted molar refractivity (Wildman–Crippen MR) is 74.0 cm³/mol. The molecule has 1 aromatic heterocycles. The second kappa shape index (κ2) is 6.68. The van der Waals surface area contributed by atoms with Gasteiger partial charge in [-0.3, -0.25) is 0 Å². The van der Waals surface area contributed by atoms with Gasteiger partial charge in [0.15, 0.2) is 5.82 Å². The second-order valence-electron chi connectivity index (χ2n) is 4.76. The Balaban J connectivity index is 2.05. The van der Waals surface area contributed by atoms with Crippen LogP contribution < -0.4 is 10.6 Å². The molecule has 0 radical (unpaired) electrons. The molecule has 2 heterocycles. The maximum absolute atomic E-state index is 5.83. The first-order valence-electron chi connectivity index (χ1n) is 6.68. The fourth-order valence-electron chi connectivity index (χ4n) is 2.34. The standard InChI is InChI=1S/C13H22N4O2/c1-3-19-9-12-15-11(14)6-13(16-12)17-5-4-10(7-17)8-18-2/h6,10H,3-5,7-9H2,1-2H3,(H2,14,15,16). The van der Waals surface area contributed by atoms with Crippen LogP contribution in [-0.4, -0.2) is 43.4 Å². The van der Waals surface area contributed by atoms with Crippen LogP contribution in [0.25, 0.3) is 0 Å². The average Bonchev–Trinajstić information content (AvgIpc) is 2.85. The summed E-state index contributed by atoms with van der Waals surface area (Å²) in [5.41, 5.74) is 5.83. The van der Waals surface area contributed by atoms with Crippen molar-refractivity contribution in [2.75, 3.05) is 44.0 Å². The highest BCUT2D eigenvalue weighted by molar-refractivity contribution is 5.47. The minimum Gasteiger partial charge on any atom is -0.384 e. The molecule has 0 bridgehead atoms. The fourth-order valence-corrected chi connectivity index (χ4v) is 2.34. The molecule has 0 amide bonds. The topological polar surface area (TPSA) is 73.5 Å². The molecule has 0 aromatic carbocycles. The van der Waals surface area contributed by atoms with E-state index in [4.69, 9.17) is 15.2 Å². The van der Waals surface area contributed by atoms with Crippen molar-refractivity contribution in [2.45, 2.75) is 20.0 Å². The van der Waals surface area contributed by atoms with Crippen LogP contribution in [0.5, 0.6) is 0 Å². The predicted octanol–water partition coefficient (Wildman–Crippen LogP) is 1.07. The molecule has 0 aliphatic carbocycles. The number of ether oxygens (including phenoxy) is 2. The molecule has 1 aromatic rings. The van der Waals surface area contributed by atoms with E-state index < -0.39 is 0 Å². The zero-order chi connectivity index (χ0) is 13.7. The molecule has 1 aliphatic heterocycles. The van der Waals surface area contributed by atoms with Gasteiger partial charge >= 0.3 is 0 Å². The van der Waals surface area contributed by atoms with E-state index in [9.17, 15) is 0 Å². The van der Waals surface area contributed by atoms with Crippen LogP contribution in [0.2, 0.25) is 0 Å². The molecule has 0 spiro atoms. The lowest BCUT2D eigenvalue weighted by Crippen LogP contribution is -2.23. The van der Waals surface area contributed by atoms with Crippen LogP contribution in [0, 0.1) is 5.92 Å². The summed E-state index contributed by atoms with van der Waals surface area (Å²) in [4.78, 5) is 10.9. The lowest BCUT2D eigenvalue weighted by molar-refractivity contribution is 0.128. The summed E-state index contributed by atoms with van der Waals surface area (Å²) in [6.07, 6.45) is 1.12. The van der Waals surface area contributed by atoms with Crippen molar-refractivity contribution in [3.63, 3.8) is 0 Å². The van der Waals surface area contributed by atoms with Gasteiger partial charge in [-0.15, -0.1) is 0 Å². The SMILES string of the molecule is CCOCc1nc(N)cc(N2CCC(COC)C2)n1. The molecule has 6 heteroatoms. The van der Waals surface area contributed by atoms with Crippen LogP contribution in [0.1, 0.15) is 19.2 Å². The van der Waals surface area contributed by atoms with Gasteiger partial charge in [0.1, 0.15) is 18.2 Å². The fraction of sp³-hybridized carbons (Fsp3) is 0.692. The highest BCUT2D eigenvalue weighted by Crippen LogP contribution is 2.23. The molecule has 1 unspecified atom stereocenters. The van der Waals surface area contributed by atoms with E-state index in [1.54, 1.807) is 7.11 Å². The first-order chi connectivity index (χ1) is 9.22. The van der Waals surface area contributed by atoms with Gasteiger partial charge in [0.05, 0.1) is 6.61 Å². The van der Waals surface area contributed by atoms with E-state index in [0.29, 0.717) is 30.8 Å². The number of nitrogens with two attached hydrogens (primary N) is 1. The Kier molecular flexibility index (Phi) is 4.93. The normalized spacial score (nSPS) is 19.1. The minimum atomic E-state index is 0.407. The molecule has 6 nitrogen and oxygen atoms in total. The summed E-state index contributed by atoms with van der Waals surface area (Å²) in [5, 5.41) is 0. The molecule has 2 N–H and O–H groups in total. The van der Waals surface area contributed by atoms with Crippen molar-refractivity contribution in [3.8, 4) is 0 Å². The Hall–Kier alpha value is -1.40. The monoisotopic (exact) mass is 266 g/mol. The summed E-state index contributed by atoms with van der Waals surface area (Å²) in [7, 11) is 1.74. The first kappa shape index (κ1) is 14.0. The van der Waals surface area contributed by atoms with Gasteiger partial charge in [-0.1, -0.05) is 0 Å². The molecule has 1 fully saturated rings. The van der Waals surface area contributed by atoms with Gasteiger partial charge in [0, 0.05) is 38.8 Å². The molecule has 106 valence electrons. The Morgan fingerprint density at radius 1 is 1.47 bits per heavy atom. The molecule has 19 heavy (non-hydrogen) atoms. The maximum Gasteiger partial charge on any atom is 0.158 e. The third-order valence-electron chi connectivity index (χ3n) is 3.23. The summed E-state index contributed by atoms with van der Waals surface area (Å²) in [6, 6.07) is 1.82. The highest BCUT2D eigenvalue weighted by atomic mass is 16.5. The molecule has 1 atom stereocenters. The Labute approximate surface area is 113 Å². The number of aromatic nitrogens is 2. The van der Waals surface area contributed by atoms with Crippen LogP contribution in [-0.2, 0) is 16.1 Å². The third-order valence-corrected chi connectivity index (χ3v) is 3.23. The van der Waals surface area contributed by atoms with E-state index in [1.807, 2.05) is 13.0 Å². The van der Waals surface area contributed by atoms with Gasteiger partial charge in [0.2, 0.25) is 0 Å². The van der Waals surface area contributed by atoms with Crippen molar-refractivity contribution in [2.24, 2.45) is 5.92 Å². The van der Waals surface area contributed by atoms with E-state index in [0.717, 1.165) is 31.9 Å². The number of anilines is 2. The number of nitrogen functional groups attached to an aromatic ring is 1. The van der Waals surface area contributed by atoms with E-state index in [-0.39, 0.29) is 0 Å². The molecule has 1 saturated heterocycles. The van der Waals surface area contributed by atoms with E-state index in [1.165, 1.54) is 0 Å². The van der Waals surface area contributed by atoms with Crippen molar-refractivity contribution in [3.05, 3.63) is 11.9 Å². The van der Waals surface area contributed by atoms with Crippen LogP contribution in [0.4, 0.5) is 11.6 Å². The van der Waals surface area contributed by atoms with Gasteiger partial charge in [0.25, 0.3) is 0 Å². The summed E-state index contributed by atoms with van der Waals surface area (Å²) in [5.74, 6) is 2.60. The van der Waals surface area contributed by atoms with Crippen LogP contribution >= 0.6 is 0 Å². The highest BCUT2D eigenvalue weighted by Gasteiger charge is 2.24. The van der Waals surface area contributed by atoms with Gasteiger partial charge in [-0.25, -0.2) is 9.97 Å². The van der Waals surface area contributed by atoms with Crippen LogP contribution in [0.3, 0.4) is 0 Å². The van der Waals surface area contributed by atoms with Crippen molar-refractivity contribution in [1.82, 2.24) is 9.97 Å². The lowest BCUT2D eigenvalue weighted by atomic mass is 10.1. The number of nitrogens with zero attached hydrogens (tertiary/aromatic N) is 3. The quantitative estimate of drug-likeness (QED) is 0.830. The Bertz CT molecular complexity index is 414. The first-order valence-corrected chi connectivity index (χ1v) is 6.68. The van der Waals surface area contributed by atoms with Crippen molar-refractivity contribution >= 4 is 11.6 Å². The Morgan fingerprint density at radius 2 is 2.32 bits per heavy atom. The summed E-state index contributed by atoms with van der Waals surface area (Å²) in [6.45, 7) is 5.74. The largest absolute Gasteiger partial charge is 0.384 e. The molecule has 0 saturated carbocycles. The molecular weight excluding hydrogens is 244 g/mol. The third kappa shape index (κ3) is 3.78. The number of hydrogen-bond donors (Lipinski definition) is 1. The summed E-state index contributed by atoms with van der Waals surface area (Å²) >= 11 is 0. The molecule has 2 rings (SSSR count). The number of hydrogen-bond acceptors (Lipinski definition) is 6. The smallest absolute Gasteiger partial charge is 0.158 e. The second-order valence-corrected chi connectivity index (χ2v) is 4.76. The number of methoxy groups -OCH3 is 1. The molecular formula is C13H22N4O2. The zero-order valence-corrected chi connectivity index (χ0v) is 11.6. The summed E-state index contributed by atoms with van der Waals surface area (Å²) < 4.78 is 10.5. The van der Waals surface area contributed by atoms with Crippen molar-refractivity contribution < 1.29 is 9.47 Å². The average molecular weight is 266 g/mol. The molecule has 1 aliphatic rings.